The standard InChI is InChI=1S/C16H17N5O2S/c22-24(23,14-4-1-7-17-10-14)21-8-2-3-13(11-21)15-6-5-12-9-18-20-16(12)19-15/h1,4-7,9-10,13H,2-3,8,11H2,(H,18,19,20). The van der Waals surface area contributed by atoms with Crippen molar-refractivity contribution >= 4 is 21.1 Å². The SMILES string of the molecule is O=S(=O)(c1cccnc1)N1CCCC(c2ccc3cn[nH]c3n2)C1. The second kappa shape index (κ2) is 5.95. The van der Waals surface area contributed by atoms with Gasteiger partial charge in [-0.2, -0.15) is 9.40 Å². The van der Waals surface area contributed by atoms with Gasteiger partial charge in [0.15, 0.2) is 5.65 Å². The molecule has 0 aliphatic carbocycles. The Morgan fingerprint density at radius 2 is 2.12 bits per heavy atom. The largest absolute Gasteiger partial charge is 0.263 e. The molecule has 7 nitrogen and oxygen atoms in total. The first kappa shape index (κ1) is 15.2. The smallest absolute Gasteiger partial charge is 0.244 e. The van der Waals surface area contributed by atoms with Gasteiger partial charge < -0.3 is 0 Å². The van der Waals surface area contributed by atoms with Crippen LogP contribution in [0.3, 0.4) is 0 Å². The van der Waals surface area contributed by atoms with Crippen LogP contribution < -0.4 is 0 Å². The Labute approximate surface area is 139 Å². The van der Waals surface area contributed by atoms with Crippen LogP contribution in [0, 0.1) is 0 Å². The lowest BCUT2D eigenvalue weighted by atomic mass is 9.95. The summed E-state index contributed by atoms with van der Waals surface area (Å²) in [5.41, 5.74) is 1.64. The molecule has 1 N–H and O–H groups in total. The molecule has 1 aliphatic heterocycles. The van der Waals surface area contributed by atoms with Crippen molar-refractivity contribution in [3.63, 3.8) is 0 Å². The van der Waals surface area contributed by atoms with E-state index in [2.05, 4.69) is 20.2 Å². The molecule has 0 aromatic carbocycles. The van der Waals surface area contributed by atoms with E-state index in [-0.39, 0.29) is 10.8 Å². The Morgan fingerprint density at radius 1 is 1.21 bits per heavy atom. The molecule has 0 amide bonds. The van der Waals surface area contributed by atoms with Crippen LogP contribution in [0.4, 0.5) is 0 Å². The molecule has 0 saturated carbocycles. The highest BCUT2D eigenvalue weighted by Gasteiger charge is 2.31. The summed E-state index contributed by atoms with van der Waals surface area (Å²) in [5, 5.41) is 7.80. The van der Waals surface area contributed by atoms with E-state index in [1.165, 1.54) is 10.5 Å². The first-order valence-electron chi connectivity index (χ1n) is 7.85. The van der Waals surface area contributed by atoms with Crippen molar-refractivity contribution in [2.24, 2.45) is 0 Å². The van der Waals surface area contributed by atoms with Crippen LogP contribution in [0.2, 0.25) is 0 Å². The highest BCUT2D eigenvalue weighted by atomic mass is 32.2. The third-order valence-corrected chi connectivity index (χ3v) is 6.25. The molecule has 0 bridgehead atoms. The van der Waals surface area contributed by atoms with Crippen LogP contribution >= 0.6 is 0 Å². The molecule has 24 heavy (non-hydrogen) atoms. The normalized spacial score (nSPS) is 19.6. The summed E-state index contributed by atoms with van der Waals surface area (Å²) in [6.45, 7) is 0.962. The molecule has 3 aromatic rings. The maximum absolute atomic E-state index is 12.8. The van der Waals surface area contributed by atoms with Crippen molar-refractivity contribution < 1.29 is 8.42 Å². The number of nitrogens with one attached hydrogen (secondary N) is 1. The Kier molecular flexibility index (Phi) is 3.78. The van der Waals surface area contributed by atoms with Crippen LogP contribution in [0.15, 0.2) is 47.8 Å². The molecule has 1 aliphatic rings. The Hall–Kier alpha value is -2.32. The van der Waals surface area contributed by atoms with Gasteiger partial charge in [0.25, 0.3) is 0 Å². The maximum atomic E-state index is 12.8. The van der Waals surface area contributed by atoms with Crippen LogP contribution in [0.5, 0.6) is 0 Å². The molecule has 3 aromatic heterocycles. The fraction of sp³-hybridized carbons (Fsp3) is 0.312. The lowest BCUT2D eigenvalue weighted by Crippen LogP contribution is -2.39. The highest BCUT2D eigenvalue weighted by Crippen LogP contribution is 2.29. The van der Waals surface area contributed by atoms with Crippen molar-refractivity contribution in [2.75, 3.05) is 13.1 Å². The Morgan fingerprint density at radius 3 is 2.96 bits per heavy atom. The number of sulfonamides is 1. The first-order chi connectivity index (χ1) is 11.6. The third kappa shape index (κ3) is 2.67. The second-order valence-electron chi connectivity index (χ2n) is 5.93. The molecule has 0 spiro atoms. The Balaban J connectivity index is 1.61. The number of hydrogen-bond acceptors (Lipinski definition) is 5. The van der Waals surface area contributed by atoms with Gasteiger partial charge in [0.05, 0.1) is 6.20 Å². The number of hydrogen-bond donors (Lipinski definition) is 1. The zero-order valence-corrected chi connectivity index (χ0v) is 13.8. The zero-order chi connectivity index (χ0) is 16.6. The number of H-pyrrole nitrogens is 1. The molecule has 4 rings (SSSR count). The molecule has 1 saturated heterocycles. The van der Waals surface area contributed by atoms with Crippen molar-refractivity contribution in [3.05, 3.63) is 48.5 Å². The van der Waals surface area contributed by atoms with Crippen LogP contribution in [0.1, 0.15) is 24.5 Å². The predicted molar refractivity (Wildman–Crippen MR) is 88.9 cm³/mol. The molecule has 1 fully saturated rings. The van der Waals surface area contributed by atoms with Gasteiger partial charge in [-0.3, -0.25) is 10.1 Å². The molecule has 8 heteroatoms. The minimum atomic E-state index is -3.51. The van der Waals surface area contributed by atoms with E-state index < -0.39 is 10.0 Å². The summed E-state index contributed by atoms with van der Waals surface area (Å²) >= 11 is 0. The third-order valence-electron chi connectivity index (χ3n) is 4.40. The van der Waals surface area contributed by atoms with E-state index >= 15 is 0 Å². The van der Waals surface area contributed by atoms with Crippen molar-refractivity contribution in [1.29, 1.82) is 0 Å². The van der Waals surface area contributed by atoms with Gasteiger partial charge in [-0.1, -0.05) is 0 Å². The molecule has 4 heterocycles. The fourth-order valence-electron chi connectivity index (χ4n) is 3.12. The van der Waals surface area contributed by atoms with E-state index in [1.54, 1.807) is 24.5 Å². The topological polar surface area (TPSA) is 91.8 Å². The average Bonchev–Trinajstić information content (AvgIpc) is 3.10. The van der Waals surface area contributed by atoms with Crippen molar-refractivity contribution in [3.8, 4) is 0 Å². The molecule has 1 atom stereocenters. The predicted octanol–water partition coefficient (Wildman–Crippen LogP) is 1.92. The fourth-order valence-corrected chi connectivity index (χ4v) is 4.61. The minimum absolute atomic E-state index is 0.0814. The maximum Gasteiger partial charge on any atom is 0.244 e. The summed E-state index contributed by atoms with van der Waals surface area (Å²) in [5.74, 6) is 0.0814. The molecular formula is C16H17N5O2S. The van der Waals surface area contributed by atoms with Crippen molar-refractivity contribution in [1.82, 2.24) is 24.5 Å². The quantitative estimate of drug-likeness (QED) is 0.784. The summed E-state index contributed by atoms with van der Waals surface area (Å²) in [6.07, 6.45) is 6.43. The average molecular weight is 343 g/mol. The first-order valence-corrected chi connectivity index (χ1v) is 9.29. The molecule has 124 valence electrons. The van der Waals surface area contributed by atoms with Gasteiger partial charge in [0.1, 0.15) is 4.90 Å². The monoisotopic (exact) mass is 343 g/mol. The van der Waals surface area contributed by atoms with Gasteiger partial charge in [-0.15, -0.1) is 0 Å². The number of rotatable bonds is 3. The molecule has 1 unspecified atom stereocenters. The van der Waals surface area contributed by atoms with E-state index in [4.69, 9.17) is 0 Å². The minimum Gasteiger partial charge on any atom is -0.263 e. The van der Waals surface area contributed by atoms with E-state index in [0.717, 1.165) is 29.6 Å². The number of aromatic amines is 1. The lowest BCUT2D eigenvalue weighted by molar-refractivity contribution is 0.313. The van der Waals surface area contributed by atoms with Crippen LogP contribution in [-0.4, -0.2) is 46.0 Å². The van der Waals surface area contributed by atoms with Gasteiger partial charge in [-0.05, 0) is 37.1 Å². The lowest BCUT2D eigenvalue weighted by Gasteiger charge is -2.31. The van der Waals surface area contributed by atoms with Gasteiger partial charge >= 0.3 is 0 Å². The summed E-state index contributed by atoms with van der Waals surface area (Å²) in [7, 11) is -3.51. The van der Waals surface area contributed by atoms with E-state index in [9.17, 15) is 8.42 Å². The molecule has 0 radical (unpaired) electrons. The van der Waals surface area contributed by atoms with Gasteiger partial charge in [-0.25, -0.2) is 13.4 Å². The number of fused-ring (bicyclic) bond motifs is 1. The second-order valence-corrected chi connectivity index (χ2v) is 7.87. The summed E-state index contributed by atoms with van der Waals surface area (Å²) in [6, 6.07) is 7.15. The summed E-state index contributed by atoms with van der Waals surface area (Å²) < 4.78 is 27.1. The number of pyridine rings is 2. The van der Waals surface area contributed by atoms with Gasteiger partial charge in [0, 0.05) is 42.5 Å². The number of aromatic nitrogens is 4. The highest BCUT2D eigenvalue weighted by molar-refractivity contribution is 7.89. The Bertz CT molecular complexity index is 955. The number of piperidine rings is 1. The zero-order valence-electron chi connectivity index (χ0n) is 13.0. The van der Waals surface area contributed by atoms with Crippen molar-refractivity contribution in [2.45, 2.75) is 23.7 Å². The van der Waals surface area contributed by atoms with Crippen LogP contribution in [0.25, 0.3) is 11.0 Å². The molecular weight excluding hydrogens is 326 g/mol. The van der Waals surface area contributed by atoms with Gasteiger partial charge in [0.2, 0.25) is 10.0 Å². The van der Waals surface area contributed by atoms with Crippen LogP contribution in [-0.2, 0) is 10.0 Å². The summed E-state index contributed by atoms with van der Waals surface area (Å²) in [4.78, 5) is 8.76. The van der Waals surface area contributed by atoms with E-state index in [1.807, 2.05) is 12.1 Å². The van der Waals surface area contributed by atoms with E-state index in [0.29, 0.717) is 13.1 Å². The number of nitrogens with zero attached hydrogens (tertiary/aromatic N) is 4.